The van der Waals surface area contributed by atoms with Gasteiger partial charge in [-0.2, -0.15) is 0 Å². The highest BCUT2D eigenvalue weighted by Gasteiger charge is 2.06. The zero-order valence-corrected chi connectivity index (χ0v) is 11.0. The van der Waals surface area contributed by atoms with Crippen molar-refractivity contribution >= 4 is 17.6 Å². The molecule has 2 rings (SSSR count). The molecule has 0 fully saturated rings. The predicted octanol–water partition coefficient (Wildman–Crippen LogP) is 1.09. The highest BCUT2D eigenvalue weighted by molar-refractivity contribution is 7.98. The van der Waals surface area contributed by atoms with Crippen LogP contribution in [-0.4, -0.2) is 25.6 Å². The minimum absolute atomic E-state index is 0.0173. The standard InChI is InChI=1S/C11H14N6S/c1-7-15-16-11(17(7)2)18-6-8-3-4-14-9(5-8)10(12)13/h3-5H,6H2,1-2H3,(H3,12,13). The zero-order chi connectivity index (χ0) is 13.1. The van der Waals surface area contributed by atoms with Crippen LogP contribution in [0, 0.1) is 12.3 Å². The Hall–Kier alpha value is -1.89. The average Bonchev–Trinajstić information content (AvgIpc) is 2.68. The SMILES string of the molecule is Cc1nnc(SCc2ccnc(C(=N)N)c2)n1C. The van der Waals surface area contributed by atoms with E-state index in [0.29, 0.717) is 5.69 Å². The summed E-state index contributed by atoms with van der Waals surface area (Å²) in [6, 6.07) is 3.72. The van der Waals surface area contributed by atoms with Gasteiger partial charge >= 0.3 is 0 Å². The Bertz CT molecular complexity index is 577. The van der Waals surface area contributed by atoms with Crippen molar-refractivity contribution in [2.75, 3.05) is 0 Å². The van der Waals surface area contributed by atoms with E-state index in [0.717, 1.165) is 22.3 Å². The van der Waals surface area contributed by atoms with Gasteiger partial charge in [-0.15, -0.1) is 10.2 Å². The molecule has 0 saturated carbocycles. The molecule has 0 bridgehead atoms. The van der Waals surface area contributed by atoms with Crippen molar-refractivity contribution in [1.29, 1.82) is 5.41 Å². The molecule has 0 atom stereocenters. The highest BCUT2D eigenvalue weighted by Crippen LogP contribution is 2.20. The van der Waals surface area contributed by atoms with E-state index in [4.69, 9.17) is 11.1 Å². The minimum atomic E-state index is -0.0173. The van der Waals surface area contributed by atoms with Gasteiger partial charge in [0, 0.05) is 19.0 Å². The molecule has 6 nitrogen and oxygen atoms in total. The molecule has 0 aliphatic carbocycles. The number of aromatic nitrogens is 4. The molecule has 0 unspecified atom stereocenters. The monoisotopic (exact) mass is 262 g/mol. The smallest absolute Gasteiger partial charge is 0.191 e. The summed E-state index contributed by atoms with van der Waals surface area (Å²) in [5.41, 5.74) is 6.96. The Kier molecular flexibility index (Phi) is 3.61. The number of aryl methyl sites for hydroxylation is 1. The van der Waals surface area contributed by atoms with Crippen LogP contribution in [0.15, 0.2) is 23.5 Å². The number of thioether (sulfide) groups is 1. The fraction of sp³-hybridized carbons (Fsp3) is 0.273. The van der Waals surface area contributed by atoms with Crippen molar-refractivity contribution in [1.82, 2.24) is 19.7 Å². The van der Waals surface area contributed by atoms with Gasteiger partial charge in [0.2, 0.25) is 0 Å². The van der Waals surface area contributed by atoms with E-state index in [-0.39, 0.29) is 5.84 Å². The molecule has 94 valence electrons. The lowest BCUT2D eigenvalue weighted by Gasteiger charge is -2.03. The van der Waals surface area contributed by atoms with Gasteiger partial charge in [0.1, 0.15) is 17.4 Å². The third-order valence-corrected chi connectivity index (χ3v) is 3.61. The largest absolute Gasteiger partial charge is 0.382 e. The van der Waals surface area contributed by atoms with Crippen LogP contribution in [0.3, 0.4) is 0 Å². The van der Waals surface area contributed by atoms with E-state index < -0.39 is 0 Å². The van der Waals surface area contributed by atoms with Gasteiger partial charge in [0.15, 0.2) is 5.16 Å². The highest BCUT2D eigenvalue weighted by atomic mass is 32.2. The normalized spacial score (nSPS) is 10.6. The molecular formula is C11H14N6S. The number of pyridine rings is 1. The van der Waals surface area contributed by atoms with Crippen molar-refractivity contribution in [3.63, 3.8) is 0 Å². The number of nitrogens with zero attached hydrogens (tertiary/aromatic N) is 4. The second kappa shape index (κ2) is 5.18. The van der Waals surface area contributed by atoms with Crippen molar-refractivity contribution in [3.8, 4) is 0 Å². The van der Waals surface area contributed by atoms with Crippen LogP contribution in [0.25, 0.3) is 0 Å². The van der Waals surface area contributed by atoms with Gasteiger partial charge < -0.3 is 10.3 Å². The molecule has 0 aromatic carbocycles. The number of rotatable bonds is 4. The molecular weight excluding hydrogens is 248 g/mol. The Balaban J connectivity index is 2.08. The molecule has 0 aliphatic heterocycles. The Labute approximate surface area is 109 Å². The topological polar surface area (TPSA) is 93.5 Å². The quantitative estimate of drug-likeness (QED) is 0.489. The average molecular weight is 262 g/mol. The fourth-order valence-electron chi connectivity index (χ4n) is 1.37. The lowest BCUT2D eigenvalue weighted by molar-refractivity contribution is 0.765. The molecule has 0 radical (unpaired) electrons. The number of amidine groups is 1. The summed E-state index contributed by atoms with van der Waals surface area (Å²) in [6.45, 7) is 1.91. The van der Waals surface area contributed by atoms with Gasteiger partial charge in [-0.3, -0.25) is 10.4 Å². The van der Waals surface area contributed by atoms with E-state index in [2.05, 4.69) is 15.2 Å². The van der Waals surface area contributed by atoms with Crippen molar-refractivity contribution in [3.05, 3.63) is 35.4 Å². The maximum Gasteiger partial charge on any atom is 0.191 e. The first-order valence-electron chi connectivity index (χ1n) is 5.36. The van der Waals surface area contributed by atoms with E-state index in [1.54, 1.807) is 18.0 Å². The molecule has 0 saturated heterocycles. The summed E-state index contributed by atoms with van der Waals surface area (Å²) >= 11 is 1.59. The molecule has 3 N–H and O–H groups in total. The van der Waals surface area contributed by atoms with Crippen LogP contribution in [0.1, 0.15) is 17.1 Å². The number of hydrogen-bond donors (Lipinski definition) is 2. The molecule has 0 aliphatic rings. The lowest BCUT2D eigenvalue weighted by Crippen LogP contribution is -2.13. The van der Waals surface area contributed by atoms with Crippen molar-refractivity contribution < 1.29 is 0 Å². The summed E-state index contributed by atoms with van der Waals surface area (Å²) < 4.78 is 1.94. The molecule has 0 spiro atoms. The Morgan fingerprint density at radius 3 is 2.89 bits per heavy atom. The van der Waals surface area contributed by atoms with Gasteiger partial charge in [0.05, 0.1) is 0 Å². The summed E-state index contributed by atoms with van der Waals surface area (Å²) in [4.78, 5) is 4.02. The van der Waals surface area contributed by atoms with Crippen LogP contribution >= 0.6 is 11.8 Å². The van der Waals surface area contributed by atoms with E-state index >= 15 is 0 Å². The summed E-state index contributed by atoms with van der Waals surface area (Å²) in [6.07, 6.45) is 1.66. The lowest BCUT2D eigenvalue weighted by atomic mass is 10.2. The summed E-state index contributed by atoms with van der Waals surface area (Å²) in [7, 11) is 1.94. The van der Waals surface area contributed by atoms with Crippen molar-refractivity contribution in [2.24, 2.45) is 12.8 Å². The van der Waals surface area contributed by atoms with E-state index in [1.807, 2.05) is 30.7 Å². The molecule has 2 aromatic rings. The zero-order valence-electron chi connectivity index (χ0n) is 10.2. The van der Waals surface area contributed by atoms with Gasteiger partial charge in [-0.05, 0) is 24.6 Å². The van der Waals surface area contributed by atoms with Crippen LogP contribution < -0.4 is 5.73 Å². The number of nitrogen functional groups attached to an aromatic ring is 1. The maximum atomic E-state index is 7.35. The second-order valence-corrected chi connectivity index (χ2v) is 4.78. The summed E-state index contributed by atoms with van der Waals surface area (Å²) in [5, 5.41) is 16.3. The van der Waals surface area contributed by atoms with Crippen LogP contribution in [-0.2, 0) is 12.8 Å². The predicted molar refractivity (Wildman–Crippen MR) is 70.6 cm³/mol. The maximum absolute atomic E-state index is 7.35. The van der Waals surface area contributed by atoms with E-state index in [1.165, 1.54) is 0 Å². The third-order valence-electron chi connectivity index (χ3n) is 2.52. The first-order valence-corrected chi connectivity index (χ1v) is 6.34. The van der Waals surface area contributed by atoms with Crippen LogP contribution in [0.5, 0.6) is 0 Å². The van der Waals surface area contributed by atoms with E-state index in [9.17, 15) is 0 Å². The minimum Gasteiger partial charge on any atom is -0.382 e. The second-order valence-electron chi connectivity index (χ2n) is 3.84. The Morgan fingerprint density at radius 1 is 1.50 bits per heavy atom. The number of hydrogen-bond acceptors (Lipinski definition) is 5. The fourth-order valence-corrected chi connectivity index (χ4v) is 2.27. The van der Waals surface area contributed by atoms with Crippen LogP contribution in [0.2, 0.25) is 0 Å². The molecule has 0 amide bonds. The van der Waals surface area contributed by atoms with Gasteiger partial charge in [0.25, 0.3) is 0 Å². The number of nitrogens with one attached hydrogen (secondary N) is 1. The molecule has 7 heteroatoms. The van der Waals surface area contributed by atoms with Gasteiger partial charge in [-0.1, -0.05) is 11.8 Å². The summed E-state index contributed by atoms with van der Waals surface area (Å²) in [5.74, 6) is 1.61. The molecule has 2 heterocycles. The first-order chi connectivity index (χ1) is 8.58. The Morgan fingerprint density at radius 2 is 2.28 bits per heavy atom. The van der Waals surface area contributed by atoms with Gasteiger partial charge in [-0.25, -0.2) is 0 Å². The molecule has 2 aromatic heterocycles. The number of nitrogens with two attached hydrogens (primary N) is 1. The molecule has 18 heavy (non-hydrogen) atoms. The third kappa shape index (κ3) is 2.67. The van der Waals surface area contributed by atoms with Crippen molar-refractivity contribution in [2.45, 2.75) is 17.8 Å². The first kappa shape index (κ1) is 12.6. The van der Waals surface area contributed by atoms with Crippen LogP contribution in [0.4, 0.5) is 0 Å².